The van der Waals surface area contributed by atoms with Gasteiger partial charge in [0.2, 0.25) is 11.8 Å². The molecule has 2 N–H and O–H groups in total. The van der Waals surface area contributed by atoms with E-state index < -0.39 is 0 Å². The molecule has 1 aliphatic heterocycles. The van der Waals surface area contributed by atoms with Gasteiger partial charge in [-0.3, -0.25) is 19.3 Å². The van der Waals surface area contributed by atoms with Crippen LogP contribution in [0.1, 0.15) is 31.7 Å². The van der Waals surface area contributed by atoms with E-state index in [1.54, 1.807) is 0 Å². The molecule has 1 aromatic heterocycles. The lowest BCUT2D eigenvalue weighted by Gasteiger charge is -2.16. The fourth-order valence-corrected chi connectivity index (χ4v) is 4.11. The van der Waals surface area contributed by atoms with Crippen molar-refractivity contribution in [2.45, 2.75) is 39.3 Å². The normalized spacial score (nSPS) is 13.4. The van der Waals surface area contributed by atoms with Crippen LogP contribution >= 0.6 is 12.2 Å². The van der Waals surface area contributed by atoms with E-state index in [0.29, 0.717) is 42.4 Å². The molecule has 0 unspecified atom stereocenters. The molecule has 33 heavy (non-hydrogen) atoms. The maximum absolute atomic E-state index is 12.6. The van der Waals surface area contributed by atoms with E-state index in [2.05, 4.69) is 15.5 Å². The van der Waals surface area contributed by atoms with Crippen molar-refractivity contribution in [1.82, 2.24) is 19.7 Å². The van der Waals surface area contributed by atoms with Crippen LogP contribution in [0.3, 0.4) is 0 Å². The number of aromatic nitrogens is 3. The van der Waals surface area contributed by atoms with Crippen molar-refractivity contribution < 1.29 is 14.3 Å². The first-order valence-corrected chi connectivity index (χ1v) is 11.5. The molecule has 2 aromatic carbocycles. The fourth-order valence-electron chi connectivity index (χ4n) is 3.89. The summed E-state index contributed by atoms with van der Waals surface area (Å²) in [4.78, 5) is 26.3. The maximum Gasteiger partial charge on any atom is 0.226 e. The number of rotatable bonds is 9. The first kappa shape index (κ1) is 22.7. The molecule has 1 fully saturated rings. The van der Waals surface area contributed by atoms with Crippen LogP contribution in [0.2, 0.25) is 0 Å². The summed E-state index contributed by atoms with van der Waals surface area (Å²) in [5.74, 6) is 1.53. The summed E-state index contributed by atoms with van der Waals surface area (Å²) >= 11 is 5.37. The molecule has 0 saturated carbocycles. The van der Waals surface area contributed by atoms with Crippen LogP contribution in [0.4, 0.5) is 5.69 Å². The zero-order valence-corrected chi connectivity index (χ0v) is 19.4. The van der Waals surface area contributed by atoms with E-state index in [0.717, 1.165) is 29.8 Å². The number of amides is 2. The highest BCUT2D eigenvalue weighted by Crippen LogP contribution is 2.22. The average molecular weight is 466 g/mol. The van der Waals surface area contributed by atoms with Gasteiger partial charge in [0.05, 0.1) is 6.61 Å². The van der Waals surface area contributed by atoms with Gasteiger partial charge in [-0.1, -0.05) is 12.1 Å². The molecule has 0 radical (unpaired) electrons. The van der Waals surface area contributed by atoms with Crippen LogP contribution in [-0.2, 0) is 22.7 Å². The van der Waals surface area contributed by atoms with Crippen LogP contribution in [0.25, 0.3) is 11.4 Å². The highest BCUT2D eigenvalue weighted by atomic mass is 32.1. The maximum atomic E-state index is 12.6. The first-order chi connectivity index (χ1) is 16.0. The highest BCUT2D eigenvalue weighted by Gasteiger charge is 2.20. The molecule has 1 saturated heterocycles. The second-order valence-corrected chi connectivity index (χ2v) is 8.27. The van der Waals surface area contributed by atoms with Gasteiger partial charge in [0.1, 0.15) is 5.75 Å². The van der Waals surface area contributed by atoms with E-state index in [9.17, 15) is 9.59 Å². The van der Waals surface area contributed by atoms with Gasteiger partial charge in [-0.05, 0) is 67.5 Å². The molecule has 8 nitrogen and oxygen atoms in total. The molecular weight excluding hydrogens is 438 g/mol. The summed E-state index contributed by atoms with van der Waals surface area (Å²) in [6.45, 7) is 4.29. The zero-order valence-electron chi connectivity index (χ0n) is 18.5. The number of likely N-dealkylation sites (tertiary alicyclic amines) is 1. The molecule has 9 heteroatoms. The van der Waals surface area contributed by atoms with E-state index in [1.165, 1.54) is 0 Å². The van der Waals surface area contributed by atoms with E-state index in [1.807, 2.05) is 64.9 Å². The predicted molar refractivity (Wildman–Crippen MR) is 128 cm³/mol. The number of carbonyl (C=O) groups excluding carboxylic acids is 2. The van der Waals surface area contributed by atoms with Crippen LogP contribution in [0, 0.1) is 4.77 Å². The number of hydrogen-bond acceptors (Lipinski definition) is 5. The third kappa shape index (κ3) is 5.67. The summed E-state index contributed by atoms with van der Waals surface area (Å²) in [5.41, 5.74) is 2.60. The summed E-state index contributed by atoms with van der Waals surface area (Å²) in [7, 11) is 0. The Balaban J connectivity index is 1.38. The highest BCUT2D eigenvalue weighted by molar-refractivity contribution is 7.71. The van der Waals surface area contributed by atoms with E-state index >= 15 is 0 Å². The Morgan fingerprint density at radius 1 is 1.24 bits per heavy atom. The standard InChI is InChI=1S/C24H27N5O3S/c1-2-32-20-10-8-18(9-11-20)23-26-27-24(33)29(23)14-12-21(30)25-19-6-3-5-17(15-19)16-28-13-4-7-22(28)31/h3,5-6,8-11,15H,2,4,7,12-14,16H2,1H3,(H,25,30)(H,27,33). The SMILES string of the molecule is CCOc1ccc(-c2n[nH]c(=S)n2CCC(=O)Nc2cccc(CN3CCCC3=O)c2)cc1. The fraction of sp³-hybridized carbons (Fsp3) is 0.333. The third-order valence-corrected chi connectivity index (χ3v) is 5.81. The molecule has 2 heterocycles. The van der Waals surface area contributed by atoms with Crippen molar-refractivity contribution in [2.24, 2.45) is 0 Å². The number of hydrogen-bond donors (Lipinski definition) is 2. The Morgan fingerprint density at radius 2 is 2.06 bits per heavy atom. The predicted octanol–water partition coefficient (Wildman–Crippen LogP) is 4.16. The molecule has 0 atom stereocenters. The topological polar surface area (TPSA) is 92.2 Å². The number of ether oxygens (including phenoxy) is 1. The van der Waals surface area contributed by atoms with Crippen molar-refractivity contribution in [3.05, 3.63) is 58.9 Å². The third-order valence-electron chi connectivity index (χ3n) is 5.50. The number of nitrogens with one attached hydrogen (secondary N) is 2. The van der Waals surface area contributed by atoms with Gasteiger partial charge in [0.25, 0.3) is 0 Å². The molecule has 2 amide bonds. The first-order valence-electron chi connectivity index (χ1n) is 11.1. The Kier molecular flexibility index (Phi) is 7.19. The summed E-state index contributed by atoms with van der Waals surface area (Å²) in [6.07, 6.45) is 1.77. The van der Waals surface area contributed by atoms with Crippen molar-refractivity contribution in [1.29, 1.82) is 0 Å². The van der Waals surface area contributed by atoms with Gasteiger partial charge in [-0.15, -0.1) is 0 Å². The minimum atomic E-state index is -0.120. The van der Waals surface area contributed by atoms with Gasteiger partial charge in [0.15, 0.2) is 10.6 Å². The number of H-pyrrole nitrogens is 1. The Morgan fingerprint density at radius 3 is 2.79 bits per heavy atom. The summed E-state index contributed by atoms with van der Waals surface area (Å²) in [5, 5.41) is 10.1. The number of carbonyl (C=O) groups is 2. The van der Waals surface area contributed by atoms with E-state index in [-0.39, 0.29) is 18.2 Å². The number of nitrogens with zero attached hydrogens (tertiary/aromatic N) is 3. The number of benzene rings is 2. The van der Waals surface area contributed by atoms with Crippen LogP contribution < -0.4 is 10.1 Å². The second kappa shape index (κ2) is 10.4. The minimum Gasteiger partial charge on any atom is -0.494 e. The largest absolute Gasteiger partial charge is 0.494 e. The Labute approximate surface area is 197 Å². The molecule has 0 spiro atoms. The van der Waals surface area contributed by atoms with Crippen LogP contribution in [-0.4, -0.2) is 44.6 Å². The van der Waals surface area contributed by atoms with Crippen molar-refractivity contribution >= 4 is 29.7 Å². The Bertz CT molecular complexity index is 1190. The molecule has 3 aromatic rings. The monoisotopic (exact) mass is 465 g/mol. The van der Waals surface area contributed by atoms with E-state index in [4.69, 9.17) is 17.0 Å². The van der Waals surface area contributed by atoms with Gasteiger partial charge in [-0.25, -0.2) is 0 Å². The van der Waals surface area contributed by atoms with Crippen LogP contribution in [0.15, 0.2) is 48.5 Å². The van der Waals surface area contributed by atoms with Gasteiger partial charge in [-0.2, -0.15) is 5.10 Å². The molecule has 172 valence electrons. The molecule has 1 aliphatic rings. The minimum absolute atomic E-state index is 0.120. The van der Waals surface area contributed by atoms with Gasteiger partial charge >= 0.3 is 0 Å². The van der Waals surface area contributed by atoms with Crippen molar-refractivity contribution in [3.63, 3.8) is 0 Å². The lowest BCUT2D eigenvalue weighted by Crippen LogP contribution is -2.23. The summed E-state index contributed by atoms with van der Waals surface area (Å²) in [6, 6.07) is 15.2. The lowest BCUT2D eigenvalue weighted by molar-refractivity contribution is -0.128. The van der Waals surface area contributed by atoms with Gasteiger partial charge < -0.3 is 15.0 Å². The number of anilines is 1. The van der Waals surface area contributed by atoms with Crippen LogP contribution in [0.5, 0.6) is 5.75 Å². The molecular formula is C24H27N5O3S. The Hall–Kier alpha value is -3.46. The molecule has 0 bridgehead atoms. The van der Waals surface area contributed by atoms with Crippen molar-refractivity contribution in [2.75, 3.05) is 18.5 Å². The molecule has 0 aliphatic carbocycles. The van der Waals surface area contributed by atoms with Gasteiger partial charge in [0, 0.05) is 43.7 Å². The van der Waals surface area contributed by atoms with Crippen molar-refractivity contribution in [3.8, 4) is 17.1 Å². The molecule has 4 rings (SSSR count). The second-order valence-electron chi connectivity index (χ2n) is 7.88. The zero-order chi connectivity index (χ0) is 23.2. The summed E-state index contributed by atoms with van der Waals surface area (Å²) < 4.78 is 7.77. The number of aromatic amines is 1. The quantitative estimate of drug-likeness (QED) is 0.463. The lowest BCUT2D eigenvalue weighted by atomic mass is 10.2. The smallest absolute Gasteiger partial charge is 0.226 e. The average Bonchev–Trinajstić information content (AvgIpc) is 3.38.